The molecule has 1 aliphatic heterocycles. The highest BCUT2D eigenvalue weighted by Gasteiger charge is 2.15. The molecule has 1 fully saturated rings. The van der Waals surface area contributed by atoms with Crippen LogP contribution in [0.15, 0.2) is 4.99 Å². The van der Waals surface area contributed by atoms with Crippen molar-refractivity contribution in [1.82, 2.24) is 15.5 Å². The van der Waals surface area contributed by atoms with Crippen LogP contribution in [0.25, 0.3) is 0 Å². The zero-order chi connectivity index (χ0) is 14.3. The van der Waals surface area contributed by atoms with Crippen LogP contribution in [-0.2, 0) is 4.74 Å². The molecule has 0 aliphatic carbocycles. The Kier molecular flexibility index (Phi) is 6.58. The predicted octanol–water partition coefficient (Wildman–Crippen LogP) is 0.918. The maximum absolute atomic E-state index is 5.37. The summed E-state index contributed by atoms with van der Waals surface area (Å²) in [4.78, 5) is 6.72. The number of morpholine rings is 1. The van der Waals surface area contributed by atoms with Gasteiger partial charge in [-0.25, -0.2) is 0 Å². The lowest BCUT2D eigenvalue weighted by Crippen LogP contribution is -2.49. The molecule has 0 saturated carbocycles. The van der Waals surface area contributed by atoms with E-state index in [4.69, 9.17) is 4.74 Å². The Balaban J connectivity index is 2.26. The minimum Gasteiger partial charge on any atom is -0.379 e. The average molecular weight is 270 g/mol. The van der Waals surface area contributed by atoms with Crippen molar-refractivity contribution in [3.63, 3.8) is 0 Å². The summed E-state index contributed by atoms with van der Waals surface area (Å²) in [6.07, 6.45) is 0. The van der Waals surface area contributed by atoms with Crippen molar-refractivity contribution in [2.24, 2.45) is 10.9 Å². The molecule has 0 aromatic rings. The quantitative estimate of drug-likeness (QED) is 0.589. The van der Waals surface area contributed by atoms with E-state index in [2.05, 4.69) is 48.2 Å². The Morgan fingerprint density at radius 3 is 2.47 bits per heavy atom. The SMILES string of the molecule is CN=C(NCC(C)CN1CCOCC1)NC(C)(C)C. The van der Waals surface area contributed by atoms with Crippen molar-refractivity contribution >= 4 is 5.96 Å². The van der Waals surface area contributed by atoms with Crippen LogP contribution in [-0.4, -0.2) is 62.8 Å². The number of rotatable bonds is 4. The average Bonchev–Trinajstić information content (AvgIpc) is 2.34. The summed E-state index contributed by atoms with van der Waals surface area (Å²) in [7, 11) is 1.81. The van der Waals surface area contributed by atoms with Crippen molar-refractivity contribution in [2.45, 2.75) is 33.2 Å². The fourth-order valence-corrected chi connectivity index (χ4v) is 2.09. The van der Waals surface area contributed by atoms with Gasteiger partial charge >= 0.3 is 0 Å². The molecule has 2 N–H and O–H groups in total. The Hall–Kier alpha value is -0.810. The number of ether oxygens (including phenoxy) is 1. The third-order valence-electron chi connectivity index (χ3n) is 3.01. The number of nitrogens with zero attached hydrogens (tertiary/aromatic N) is 2. The summed E-state index contributed by atoms with van der Waals surface area (Å²) in [6, 6.07) is 0. The lowest BCUT2D eigenvalue weighted by molar-refractivity contribution is 0.0320. The molecule has 5 nitrogen and oxygen atoms in total. The van der Waals surface area contributed by atoms with Gasteiger partial charge in [0.1, 0.15) is 0 Å². The zero-order valence-electron chi connectivity index (χ0n) is 13.1. The van der Waals surface area contributed by atoms with E-state index in [1.807, 2.05) is 7.05 Å². The highest BCUT2D eigenvalue weighted by atomic mass is 16.5. The monoisotopic (exact) mass is 270 g/mol. The maximum atomic E-state index is 5.37. The van der Waals surface area contributed by atoms with Crippen LogP contribution in [0.1, 0.15) is 27.7 Å². The predicted molar refractivity (Wildman–Crippen MR) is 80.7 cm³/mol. The van der Waals surface area contributed by atoms with Gasteiger partial charge < -0.3 is 15.4 Å². The van der Waals surface area contributed by atoms with Crippen molar-refractivity contribution in [1.29, 1.82) is 0 Å². The molecule has 0 spiro atoms. The Labute approximate surface area is 117 Å². The van der Waals surface area contributed by atoms with Crippen LogP contribution in [0.4, 0.5) is 0 Å². The van der Waals surface area contributed by atoms with Crippen LogP contribution in [0.2, 0.25) is 0 Å². The third kappa shape index (κ3) is 7.38. The number of guanidine groups is 1. The molecule has 5 heteroatoms. The van der Waals surface area contributed by atoms with Crippen LogP contribution in [0.3, 0.4) is 0 Å². The first-order chi connectivity index (χ1) is 8.90. The van der Waals surface area contributed by atoms with Crippen LogP contribution < -0.4 is 10.6 Å². The highest BCUT2D eigenvalue weighted by molar-refractivity contribution is 5.80. The highest BCUT2D eigenvalue weighted by Crippen LogP contribution is 2.03. The topological polar surface area (TPSA) is 48.9 Å². The summed E-state index contributed by atoms with van der Waals surface area (Å²) >= 11 is 0. The normalized spacial score (nSPS) is 20.2. The zero-order valence-corrected chi connectivity index (χ0v) is 13.1. The van der Waals surface area contributed by atoms with Gasteiger partial charge in [0.05, 0.1) is 13.2 Å². The van der Waals surface area contributed by atoms with Crippen LogP contribution in [0.5, 0.6) is 0 Å². The van der Waals surface area contributed by atoms with E-state index >= 15 is 0 Å². The molecule has 0 radical (unpaired) electrons. The fourth-order valence-electron chi connectivity index (χ4n) is 2.09. The van der Waals surface area contributed by atoms with Crippen molar-refractivity contribution in [3.8, 4) is 0 Å². The maximum Gasteiger partial charge on any atom is 0.191 e. The molecule has 0 aromatic carbocycles. The first-order valence-electron chi connectivity index (χ1n) is 7.19. The van der Waals surface area contributed by atoms with E-state index in [-0.39, 0.29) is 5.54 Å². The van der Waals surface area contributed by atoms with Gasteiger partial charge in [0, 0.05) is 38.8 Å². The minimum absolute atomic E-state index is 0.0370. The third-order valence-corrected chi connectivity index (χ3v) is 3.01. The van der Waals surface area contributed by atoms with E-state index in [1.165, 1.54) is 0 Å². The summed E-state index contributed by atoms with van der Waals surface area (Å²) in [5.41, 5.74) is 0.0370. The molecule has 0 bridgehead atoms. The van der Waals surface area contributed by atoms with Crippen LogP contribution >= 0.6 is 0 Å². The molecule has 1 aliphatic rings. The molecule has 1 rings (SSSR count). The molecule has 0 aromatic heterocycles. The van der Waals surface area contributed by atoms with Gasteiger partial charge in [-0.3, -0.25) is 9.89 Å². The first kappa shape index (κ1) is 16.2. The second-order valence-corrected chi connectivity index (χ2v) is 6.35. The second kappa shape index (κ2) is 7.70. The molecular weight excluding hydrogens is 240 g/mol. The Morgan fingerprint density at radius 2 is 1.95 bits per heavy atom. The number of hydrogen-bond acceptors (Lipinski definition) is 3. The van der Waals surface area contributed by atoms with Gasteiger partial charge in [0.2, 0.25) is 0 Å². The van der Waals surface area contributed by atoms with E-state index < -0.39 is 0 Å². The lowest BCUT2D eigenvalue weighted by atomic mass is 10.1. The van der Waals surface area contributed by atoms with Crippen molar-refractivity contribution in [3.05, 3.63) is 0 Å². The summed E-state index contributed by atoms with van der Waals surface area (Å²) < 4.78 is 5.37. The molecular formula is C14H30N4O. The minimum atomic E-state index is 0.0370. The molecule has 112 valence electrons. The number of hydrogen-bond donors (Lipinski definition) is 2. The van der Waals surface area contributed by atoms with Crippen molar-refractivity contribution in [2.75, 3.05) is 46.4 Å². The summed E-state index contributed by atoms with van der Waals surface area (Å²) in [6.45, 7) is 14.6. The Morgan fingerprint density at radius 1 is 1.32 bits per heavy atom. The fraction of sp³-hybridized carbons (Fsp3) is 0.929. The van der Waals surface area contributed by atoms with E-state index in [0.717, 1.165) is 45.4 Å². The number of nitrogens with one attached hydrogen (secondary N) is 2. The van der Waals surface area contributed by atoms with Gasteiger partial charge in [-0.2, -0.15) is 0 Å². The van der Waals surface area contributed by atoms with Crippen LogP contribution in [0, 0.1) is 5.92 Å². The van der Waals surface area contributed by atoms with Crippen molar-refractivity contribution < 1.29 is 4.74 Å². The molecule has 19 heavy (non-hydrogen) atoms. The largest absolute Gasteiger partial charge is 0.379 e. The molecule has 1 atom stereocenters. The van der Waals surface area contributed by atoms with E-state index in [0.29, 0.717) is 5.92 Å². The molecule has 1 unspecified atom stereocenters. The Bertz CT molecular complexity index is 280. The summed E-state index contributed by atoms with van der Waals surface area (Å²) in [5, 5.41) is 6.77. The first-order valence-corrected chi connectivity index (χ1v) is 7.19. The van der Waals surface area contributed by atoms with E-state index in [1.54, 1.807) is 0 Å². The molecule has 0 amide bonds. The smallest absolute Gasteiger partial charge is 0.191 e. The van der Waals surface area contributed by atoms with Gasteiger partial charge in [0.25, 0.3) is 0 Å². The number of aliphatic imine (C=N–C) groups is 1. The van der Waals surface area contributed by atoms with Gasteiger partial charge in [0.15, 0.2) is 5.96 Å². The standard InChI is InChI=1S/C14H30N4O/c1-12(11-18-6-8-19-9-7-18)10-16-13(15-5)17-14(2,3)4/h12H,6-11H2,1-5H3,(H2,15,16,17). The van der Waals surface area contributed by atoms with Gasteiger partial charge in [-0.1, -0.05) is 6.92 Å². The van der Waals surface area contributed by atoms with Gasteiger partial charge in [-0.15, -0.1) is 0 Å². The molecule has 1 heterocycles. The van der Waals surface area contributed by atoms with E-state index in [9.17, 15) is 0 Å². The second-order valence-electron chi connectivity index (χ2n) is 6.35. The van der Waals surface area contributed by atoms with Gasteiger partial charge in [-0.05, 0) is 26.7 Å². The summed E-state index contributed by atoms with van der Waals surface area (Å²) in [5.74, 6) is 1.47. The molecule has 1 saturated heterocycles. The lowest BCUT2D eigenvalue weighted by Gasteiger charge is -2.30.